The smallest absolute Gasteiger partial charge is 0.232 e. The summed E-state index contributed by atoms with van der Waals surface area (Å²) in [5.74, 6) is 1.15. The highest BCUT2D eigenvalue weighted by molar-refractivity contribution is 6.36. The highest BCUT2D eigenvalue weighted by Gasteiger charge is 2.33. The zero-order valence-electron chi connectivity index (χ0n) is 25.4. The van der Waals surface area contributed by atoms with Crippen LogP contribution in [0.25, 0.3) is 5.65 Å². The average Bonchev–Trinajstić information content (AvgIpc) is 3.74. The van der Waals surface area contributed by atoms with E-state index in [0.29, 0.717) is 57.8 Å². The van der Waals surface area contributed by atoms with Crippen LogP contribution in [0.15, 0.2) is 18.3 Å². The summed E-state index contributed by atoms with van der Waals surface area (Å²) in [6.07, 6.45) is 5.69. The third kappa shape index (κ3) is 6.29. The van der Waals surface area contributed by atoms with Crippen LogP contribution in [0.5, 0.6) is 0 Å². The molecule has 2 saturated heterocycles. The summed E-state index contributed by atoms with van der Waals surface area (Å²) in [7, 11) is 0. The number of carbonyl (C=O) groups excluding carboxylic acids is 1. The second-order valence-corrected chi connectivity index (χ2v) is 12.8. The second-order valence-electron chi connectivity index (χ2n) is 12.5. The van der Waals surface area contributed by atoms with Crippen LogP contribution in [0.4, 0.5) is 23.3 Å². The van der Waals surface area contributed by atoms with Gasteiger partial charge in [-0.05, 0) is 44.7 Å². The molecule has 3 aliphatic rings. The van der Waals surface area contributed by atoms with E-state index in [1.54, 1.807) is 6.07 Å². The molecule has 44 heavy (non-hydrogen) atoms. The Bertz CT molecular complexity index is 1630. The number of hydrogen-bond acceptors (Lipinski definition) is 11. The van der Waals surface area contributed by atoms with Gasteiger partial charge in [-0.25, -0.2) is 0 Å². The second kappa shape index (κ2) is 12.6. The van der Waals surface area contributed by atoms with Crippen molar-refractivity contribution in [1.82, 2.24) is 29.4 Å². The fraction of sp³-hybridized carbons (Fsp3) is 0.548. The van der Waals surface area contributed by atoms with Gasteiger partial charge in [0, 0.05) is 56.8 Å². The molecule has 12 nitrogen and oxygen atoms in total. The molecule has 1 unspecified atom stereocenters. The number of piperazine rings is 1. The quantitative estimate of drug-likeness (QED) is 0.360. The topological polar surface area (TPSA) is 142 Å². The zero-order chi connectivity index (χ0) is 31.0. The third-order valence-corrected chi connectivity index (χ3v) is 9.29. The summed E-state index contributed by atoms with van der Waals surface area (Å²) < 4.78 is 1.54. The fourth-order valence-electron chi connectivity index (χ4n) is 6.13. The minimum absolute atomic E-state index is 0.0787. The molecule has 0 bridgehead atoms. The lowest BCUT2D eigenvalue weighted by molar-refractivity contribution is -0.123. The first-order chi connectivity index (χ1) is 21.2. The monoisotopic (exact) mass is 615 g/mol. The first-order valence-electron chi connectivity index (χ1n) is 15.4. The number of piperidine rings is 1. The number of nitrogens with one attached hydrogen (secondary N) is 2. The molecule has 2 aromatic heterocycles. The molecule has 1 saturated carbocycles. The lowest BCUT2D eigenvalue weighted by Crippen LogP contribution is -2.57. The normalized spacial score (nSPS) is 20.1. The third-order valence-electron chi connectivity index (χ3n) is 8.89. The molecule has 13 heteroatoms. The van der Waals surface area contributed by atoms with Crippen LogP contribution in [0, 0.1) is 28.6 Å². The molecule has 4 heterocycles. The minimum atomic E-state index is 0.0787. The Hall–Kier alpha value is -3.97. The van der Waals surface area contributed by atoms with Crippen LogP contribution in [0.3, 0.4) is 0 Å². The lowest BCUT2D eigenvalue weighted by Gasteiger charge is -2.46. The molecular weight excluding hydrogens is 578 g/mol. The summed E-state index contributed by atoms with van der Waals surface area (Å²) >= 11 is 7.04. The standard InChI is InChI=1S/C31H38ClN11O/c1-19(2)27(44)18-40-8-6-24(7-9-40)41-10-11-42(20(3)17-41)26-13-21(14-33)12-25(28(26)32)37-30-38-29-22(15-34)16-35-43(29)31(39-30)36-23-4-5-23/h12-13,16,19-20,23-24H,4-11,17-18H2,1-3H3,(H2,36,37,38,39). The van der Waals surface area contributed by atoms with Gasteiger partial charge >= 0.3 is 0 Å². The van der Waals surface area contributed by atoms with Gasteiger partial charge in [0.25, 0.3) is 0 Å². The molecule has 2 aliphatic heterocycles. The fourth-order valence-corrected chi connectivity index (χ4v) is 6.40. The van der Waals surface area contributed by atoms with E-state index >= 15 is 0 Å². The number of rotatable bonds is 9. The lowest BCUT2D eigenvalue weighted by atomic mass is 9.99. The van der Waals surface area contributed by atoms with Crippen LogP contribution in [0.2, 0.25) is 5.02 Å². The molecule has 3 aromatic rings. The predicted molar refractivity (Wildman–Crippen MR) is 169 cm³/mol. The maximum atomic E-state index is 12.2. The van der Waals surface area contributed by atoms with E-state index in [2.05, 4.69) is 59.5 Å². The van der Waals surface area contributed by atoms with Gasteiger partial charge < -0.3 is 15.5 Å². The SMILES string of the molecule is CC(C)C(=O)CN1CCC(N2CCN(c3cc(C#N)cc(Nc4nc(NC5CC5)n5ncc(C#N)c5n4)c3Cl)C(C)C2)CC1. The van der Waals surface area contributed by atoms with Crippen molar-refractivity contribution >= 4 is 46.3 Å². The number of anilines is 4. The van der Waals surface area contributed by atoms with E-state index in [1.165, 1.54) is 10.7 Å². The zero-order valence-corrected chi connectivity index (χ0v) is 26.2. The number of ketones is 1. The van der Waals surface area contributed by atoms with E-state index < -0.39 is 0 Å². The first kappa shape index (κ1) is 30.1. The predicted octanol–water partition coefficient (Wildman–Crippen LogP) is 4.04. The van der Waals surface area contributed by atoms with E-state index in [1.807, 2.05) is 19.9 Å². The van der Waals surface area contributed by atoms with Gasteiger partial charge in [-0.2, -0.15) is 30.1 Å². The van der Waals surface area contributed by atoms with Crippen molar-refractivity contribution in [2.45, 2.75) is 64.6 Å². The maximum Gasteiger partial charge on any atom is 0.232 e. The van der Waals surface area contributed by atoms with Crippen molar-refractivity contribution in [2.24, 2.45) is 5.92 Å². The summed E-state index contributed by atoms with van der Waals surface area (Å²) in [6.45, 7) is 11.1. The molecule has 3 fully saturated rings. The minimum Gasteiger partial charge on any atom is -0.365 e. The number of nitriles is 2. The maximum absolute atomic E-state index is 12.2. The van der Waals surface area contributed by atoms with Crippen molar-refractivity contribution in [1.29, 1.82) is 10.5 Å². The van der Waals surface area contributed by atoms with Gasteiger partial charge in [0.2, 0.25) is 11.9 Å². The molecular formula is C31H38ClN11O. The summed E-state index contributed by atoms with van der Waals surface area (Å²) in [6, 6.07) is 8.95. The van der Waals surface area contributed by atoms with E-state index in [-0.39, 0.29) is 17.9 Å². The molecule has 0 radical (unpaired) electrons. The highest BCUT2D eigenvalue weighted by atomic mass is 35.5. The van der Waals surface area contributed by atoms with E-state index in [4.69, 9.17) is 11.6 Å². The number of fused-ring (bicyclic) bond motifs is 1. The summed E-state index contributed by atoms with van der Waals surface area (Å²) in [4.78, 5) is 28.6. The average molecular weight is 616 g/mol. The molecule has 230 valence electrons. The highest BCUT2D eigenvalue weighted by Crippen LogP contribution is 2.38. The van der Waals surface area contributed by atoms with Crippen LogP contribution in [-0.2, 0) is 4.79 Å². The molecule has 0 spiro atoms. The van der Waals surface area contributed by atoms with Crippen molar-refractivity contribution in [2.75, 3.05) is 54.8 Å². The number of Topliss-reactive ketones (excluding diaryl/α,β-unsaturated/α-hetero) is 1. The number of carbonyl (C=O) groups is 1. The number of nitrogens with zero attached hydrogens (tertiary/aromatic N) is 9. The van der Waals surface area contributed by atoms with Crippen LogP contribution < -0.4 is 15.5 Å². The van der Waals surface area contributed by atoms with E-state index in [9.17, 15) is 15.3 Å². The number of hydrogen-bond donors (Lipinski definition) is 2. The van der Waals surface area contributed by atoms with Crippen LogP contribution in [0.1, 0.15) is 57.6 Å². The molecule has 0 amide bonds. The van der Waals surface area contributed by atoms with Crippen LogP contribution >= 0.6 is 11.6 Å². The van der Waals surface area contributed by atoms with E-state index in [0.717, 1.165) is 64.1 Å². The van der Waals surface area contributed by atoms with Crippen molar-refractivity contribution in [3.63, 3.8) is 0 Å². The molecule has 1 aliphatic carbocycles. The summed E-state index contributed by atoms with van der Waals surface area (Å²) in [5, 5.41) is 30.9. The summed E-state index contributed by atoms with van der Waals surface area (Å²) in [5.41, 5.74) is 2.53. The number of aromatic nitrogens is 4. The van der Waals surface area contributed by atoms with Gasteiger partial charge in [-0.3, -0.25) is 14.6 Å². The Balaban J connectivity index is 1.18. The van der Waals surface area contributed by atoms with Crippen molar-refractivity contribution in [3.05, 3.63) is 34.5 Å². The van der Waals surface area contributed by atoms with Crippen molar-refractivity contribution in [3.8, 4) is 12.1 Å². The molecule has 2 N–H and O–H groups in total. The number of likely N-dealkylation sites (tertiary alicyclic amines) is 1. The van der Waals surface area contributed by atoms with Gasteiger partial charge in [-0.1, -0.05) is 25.4 Å². The Morgan fingerprint density at radius 1 is 1.09 bits per heavy atom. The molecule has 1 atom stereocenters. The number of halogens is 1. The number of benzene rings is 1. The Morgan fingerprint density at radius 2 is 1.86 bits per heavy atom. The van der Waals surface area contributed by atoms with Gasteiger partial charge in [0.1, 0.15) is 17.4 Å². The Kier molecular flexibility index (Phi) is 8.59. The van der Waals surface area contributed by atoms with Gasteiger partial charge in [0.05, 0.1) is 40.8 Å². The Morgan fingerprint density at radius 3 is 2.52 bits per heavy atom. The van der Waals surface area contributed by atoms with Crippen LogP contribution in [-0.4, -0.2) is 92.6 Å². The molecule has 6 rings (SSSR count). The largest absolute Gasteiger partial charge is 0.365 e. The van der Waals surface area contributed by atoms with Gasteiger partial charge in [0.15, 0.2) is 5.65 Å². The Labute approximate surface area is 262 Å². The molecule has 1 aromatic carbocycles. The van der Waals surface area contributed by atoms with Crippen molar-refractivity contribution < 1.29 is 4.79 Å². The first-order valence-corrected chi connectivity index (χ1v) is 15.8. The van der Waals surface area contributed by atoms with Gasteiger partial charge in [-0.15, -0.1) is 0 Å².